The minimum Gasteiger partial charge on any atom is -0.496 e. The van der Waals surface area contributed by atoms with E-state index < -0.39 is 23.8 Å². The number of fused-ring (bicyclic) bond motifs is 1. The summed E-state index contributed by atoms with van der Waals surface area (Å²) in [6.07, 6.45) is 0. The smallest absolute Gasteiger partial charge is 0.326 e. The molecule has 0 spiro atoms. The average Bonchev–Trinajstić information content (AvgIpc) is 2.65. The Bertz CT molecular complexity index is 799. The molecule has 1 heterocycles. The molecule has 1 aliphatic rings. The molecule has 6 heteroatoms. The van der Waals surface area contributed by atoms with Crippen molar-refractivity contribution < 1.29 is 28.5 Å². The Morgan fingerprint density at radius 2 is 1.76 bits per heavy atom. The van der Waals surface area contributed by atoms with Crippen LogP contribution in [-0.2, 0) is 14.3 Å². The Morgan fingerprint density at radius 1 is 1.04 bits per heavy atom. The third-order valence-corrected chi connectivity index (χ3v) is 4.26. The molecule has 0 aliphatic carbocycles. The third-order valence-electron chi connectivity index (χ3n) is 4.26. The van der Waals surface area contributed by atoms with E-state index in [-0.39, 0.29) is 0 Å². The predicted molar refractivity (Wildman–Crippen MR) is 89.0 cm³/mol. The van der Waals surface area contributed by atoms with Crippen LogP contribution < -0.4 is 14.2 Å². The quantitative estimate of drug-likeness (QED) is 0.483. The first-order valence-corrected chi connectivity index (χ1v) is 7.71. The Kier molecular flexibility index (Phi) is 4.61. The van der Waals surface area contributed by atoms with Gasteiger partial charge in [0.25, 0.3) is 0 Å². The first-order valence-electron chi connectivity index (χ1n) is 7.71. The van der Waals surface area contributed by atoms with Crippen molar-refractivity contribution in [3.63, 3.8) is 0 Å². The van der Waals surface area contributed by atoms with Gasteiger partial charge in [-0.2, -0.15) is 0 Å². The van der Waals surface area contributed by atoms with Crippen molar-refractivity contribution in [3.8, 4) is 17.2 Å². The monoisotopic (exact) mass is 342 g/mol. The SMILES string of the molecule is COC(=O)C1C(=O)Oc2cc(OC)cc(OC)c2C1c1ccccc1. The zero-order chi connectivity index (χ0) is 18.0. The minimum absolute atomic E-state index is 0.315. The molecule has 0 radical (unpaired) electrons. The van der Waals surface area contributed by atoms with Gasteiger partial charge in [-0.25, -0.2) is 0 Å². The van der Waals surface area contributed by atoms with Crippen molar-refractivity contribution in [1.29, 1.82) is 0 Å². The molecule has 0 bridgehead atoms. The molecule has 3 rings (SSSR count). The maximum atomic E-state index is 12.5. The molecule has 25 heavy (non-hydrogen) atoms. The van der Waals surface area contributed by atoms with E-state index in [1.807, 2.05) is 30.3 Å². The van der Waals surface area contributed by atoms with E-state index in [2.05, 4.69) is 0 Å². The number of hydrogen-bond acceptors (Lipinski definition) is 6. The summed E-state index contributed by atoms with van der Waals surface area (Å²) in [5.41, 5.74) is 1.41. The van der Waals surface area contributed by atoms with Crippen LogP contribution in [-0.4, -0.2) is 33.3 Å². The molecular formula is C19H18O6. The molecule has 2 atom stereocenters. The highest BCUT2D eigenvalue weighted by atomic mass is 16.6. The lowest BCUT2D eigenvalue weighted by atomic mass is 9.78. The third kappa shape index (κ3) is 2.91. The van der Waals surface area contributed by atoms with E-state index in [0.29, 0.717) is 22.8 Å². The van der Waals surface area contributed by atoms with Crippen LogP contribution in [0, 0.1) is 5.92 Å². The number of benzene rings is 2. The Morgan fingerprint density at radius 3 is 2.36 bits per heavy atom. The highest BCUT2D eigenvalue weighted by Crippen LogP contribution is 2.48. The van der Waals surface area contributed by atoms with Gasteiger partial charge in [0.2, 0.25) is 0 Å². The van der Waals surface area contributed by atoms with Crippen LogP contribution in [0.5, 0.6) is 17.2 Å². The van der Waals surface area contributed by atoms with Crippen LogP contribution in [0.15, 0.2) is 42.5 Å². The van der Waals surface area contributed by atoms with Crippen LogP contribution in [0.1, 0.15) is 17.0 Å². The molecule has 2 unspecified atom stereocenters. The predicted octanol–water partition coefficient (Wildman–Crippen LogP) is 2.54. The normalized spacial score (nSPS) is 18.8. The molecule has 0 fully saturated rings. The first kappa shape index (κ1) is 16.8. The molecule has 6 nitrogen and oxygen atoms in total. The lowest BCUT2D eigenvalue weighted by molar-refractivity contribution is -0.157. The Labute approximate surface area is 145 Å². The van der Waals surface area contributed by atoms with Gasteiger partial charge < -0.3 is 18.9 Å². The van der Waals surface area contributed by atoms with Crippen molar-refractivity contribution >= 4 is 11.9 Å². The van der Waals surface area contributed by atoms with Gasteiger partial charge in [0.15, 0.2) is 5.92 Å². The Balaban J connectivity index is 2.26. The van der Waals surface area contributed by atoms with E-state index in [9.17, 15) is 9.59 Å². The van der Waals surface area contributed by atoms with E-state index in [1.165, 1.54) is 21.3 Å². The fourth-order valence-corrected chi connectivity index (χ4v) is 3.11. The topological polar surface area (TPSA) is 71.1 Å². The van der Waals surface area contributed by atoms with Crippen molar-refractivity contribution in [2.45, 2.75) is 5.92 Å². The maximum Gasteiger partial charge on any atom is 0.326 e. The standard InChI is InChI=1S/C19H18O6/c1-22-12-9-13(23-2)16-14(10-12)25-19(21)17(18(20)24-3)15(16)11-7-5-4-6-8-11/h4-10,15,17H,1-3H3. The van der Waals surface area contributed by atoms with Gasteiger partial charge in [0, 0.05) is 23.6 Å². The number of ether oxygens (including phenoxy) is 4. The second-order valence-electron chi connectivity index (χ2n) is 5.55. The summed E-state index contributed by atoms with van der Waals surface area (Å²) in [7, 11) is 4.27. The van der Waals surface area contributed by atoms with E-state index >= 15 is 0 Å². The van der Waals surface area contributed by atoms with Gasteiger partial charge in [0.1, 0.15) is 17.2 Å². The Hall–Kier alpha value is -3.02. The molecule has 0 N–H and O–H groups in total. The van der Waals surface area contributed by atoms with Crippen LogP contribution in [0.25, 0.3) is 0 Å². The van der Waals surface area contributed by atoms with Gasteiger partial charge in [-0.15, -0.1) is 0 Å². The fraction of sp³-hybridized carbons (Fsp3) is 0.263. The van der Waals surface area contributed by atoms with E-state index in [0.717, 1.165) is 5.56 Å². The molecule has 130 valence electrons. The molecule has 2 aromatic rings. The summed E-state index contributed by atoms with van der Waals surface area (Å²) >= 11 is 0. The van der Waals surface area contributed by atoms with Crippen molar-refractivity contribution in [3.05, 3.63) is 53.6 Å². The van der Waals surface area contributed by atoms with E-state index in [1.54, 1.807) is 12.1 Å². The van der Waals surface area contributed by atoms with Crippen LogP contribution in [0.3, 0.4) is 0 Å². The second-order valence-corrected chi connectivity index (χ2v) is 5.55. The zero-order valence-electron chi connectivity index (χ0n) is 14.1. The van der Waals surface area contributed by atoms with Crippen molar-refractivity contribution in [1.82, 2.24) is 0 Å². The maximum absolute atomic E-state index is 12.5. The van der Waals surface area contributed by atoms with Crippen LogP contribution in [0.4, 0.5) is 0 Å². The summed E-state index contributed by atoms with van der Waals surface area (Å²) in [5, 5.41) is 0. The van der Waals surface area contributed by atoms with Gasteiger partial charge >= 0.3 is 11.9 Å². The lowest BCUT2D eigenvalue weighted by Crippen LogP contribution is -2.38. The molecule has 0 amide bonds. The van der Waals surface area contributed by atoms with Crippen molar-refractivity contribution in [2.24, 2.45) is 5.92 Å². The second kappa shape index (κ2) is 6.84. The largest absolute Gasteiger partial charge is 0.496 e. The van der Waals surface area contributed by atoms with Gasteiger partial charge in [-0.3, -0.25) is 9.59 Å². The number of carbonyl (C=O) groups excluding carboxylic acids is 2. The fourth-order valence-electron chi connectivity index (χ4n) is 3.11. The average molecular weight is 342 g/mol. The molecule has 0 saturated heterocycles. The first-order chi connectivity index (χ1) is 12.1. The highest BCUT2D eigenvalue weighted by Gasteiger charge is 2.46. The van der Waals surface area contributed by atoms with Crippen LogP contribution >= 0.6 is 0 Å². The summed E-state index contributed by atoms with van der Waals surface area (Å²) in [5.74, 6) is -1.72. The summed E-state index contributed by atoms with van der Waals surface area (Å²) in [4.78, 5) is 24.8. The number of hydrogen-bond donors (Lipinski definition) is 0. The molecule has 2 aromatic carbocycles. The number of esters is 2. The number of methoxy groups -OCH3 is 3. The van der Waals surface area contributed by atoms with Gasteiger partial charge in [-0.1, -0.05) is 30.3 Å². The molecule has 1 aliphatic heterocycles. The summed E-state index contributed by atoms with van der Waals surface area (Å²) in [6, 6.07) is 12.6. The van der Waals surface area contributed by atoms with Crippen LogP contribution in [0.2, 0.25) is 0 Å². The van der Waals surface area contributed by atoms with E-state index in [4.69, 9.17) is 18.9 Å². The van der Waals surface area contributed by atoms with Crippen molar-refractivity contribution in [2.75, 3.05) is 21.3 Å². The number of carbonyl (C=O) groups is 2. The summed E-state index contributed by atoms with van der Waals surface area (Å²) in [6.45, 7) is 0. The molecule has 0 saturated carbocycles. The zero-order valence-corrected chi connectivity index (χ0v) is 14.1. The summed E-state index contributed by atoms with van der Waals surface area (Å²) < 4.78 is 21.0. The lowest BCUT2D eigenvalue weighted by Gasteiger charge is -2.32. The van der Waals surface area contributed by atoms with Gasteiger partial charge in [-0.05, 0) is 5.56 Å². The van der Waals surface area contributed by atoms with Gasteiger partial charge in [0.05, 0.1) is 21.3 Å². The molecular weight excluding hydrogens is 324 g/mol. The number of rotatable bonds is 4. The minimum atomic E-state index is -1.11. The molecule has 0 aromatic heterocycles. The highest BCUT2D eigenvalue weighted by molar-refractivity contribution is 5.99.